The molecule has 0 radical (unpaired) electrons. The predicted molar refractivity (Wildman–Crippen MR) is 69.3 cm³/mol. The molecule has 4 nitrogen and oxygen atoms in total. The van der Waals surface area contributed by atoms with Crippen molar-refractivity contribution in [3.05, 3.63) is 0 Å². The number of amides is 1. The molecule has 0 aromatic heterocycles. The molecule has 0 bridgehead atoms. The lowest BCUT2D eigenvalue weighted by molar-refractivity contribution is -0.134. The topological polar surface area (TPSA) is 49.6 Å². The van der Waals surface area contributed by atoms with Crippen molar-refractivity contribution >= 4 is 30.7 Å². The molecule has 1 saturated heterocycles. The fourth-order valence-corrected chi connectivity index (χ4v) is 1.96. The average Bonchev–Trinajstić information content (AvgIpc) is 3.02. The van der Waals surface area contributed by atoms with Gasteiger partial charge >= 0.3 is 0 Å². The van der Waals surface area contributed by atoms with Crippen LogP contribution in [0.25, 0.3) is 0 Å². The molecule has 2 rings (SSSR count). The van der Waals surface area contributed by atoms with Crippen LogP contribution in [0.3, 0.4) is 0 Å². The quantitative estimate of drug-likeness (QED) is 0.804. The van der Waals surface area contributed by atoms with Gasteiger partial charge in [0.2, 0.25) is 5.91 Å². The highest BCUT2D eigenvalue weighted by atomic mass is 35.5. The highest BCUT2D eigenvalue weighted by Crippen LogP contribution is 2.31. The molecular weight excluding hydrogens is 249 g/mol. The van der Waals surface area contributed by atoms with E-state index in [0.29, 0.717) is 11.8 Å². The Morgan fingerprint density at radius 2 is 1.69 bits per heavy atom. The molecular formula is C10H21Cl2N3O. The number of carbonyl (C=O) groups is 1. The number of halogens is 2. The number of hydrogen-bond donors (Lipinski definition) is 1. The average molecular weight is 270 g/mol. The Bertz CT molecular complexity index is 216. The second-order valence-electron chi connectivity index (χ2n) is 4.23. The summed E-state index contributed by atoms with van der Waals surface area (Å²) >= 11 is 0. The zero-order chi connectivity index (χ0) is 9.97. The zero-order valence-corrected chi connectivity index (χ0v) is 11.1. The third-order valence-corrected chi connectivity index (χ3v) is 3.06. The number of piperazine rings is 1. The van der Waals surface area contributed by atoms with Crippen LogP contribution in [0.1, 0.15) is 12.8 Å². The lowest BCUT2D eigenvalue weighted by Gasteiger charge is -2.34. The lowest BCUT2D eigenvalue weighted by Crippen LogP contribution is -2.50. The number of rotatable bonds is 3. The maximum absolute atomic E-state index is 11.7. The third-order valence-electron chi connectivity index (χ3n) is 3.06. The Labute approximate surface area is 109 Å². The summed E-state index contributed by atoms with van der Waals surface area (Å²) in [4.78, 5) is 16.1. The van der Waals surface area contributed by atoms with E-state index in [1.807, 2.05) is 4.90 Å². The number of carbonyl (C=O) groups excluding carboxylic acids is 1. The molecule has 1 saturated carbocycles. The summed E-state index contributed by atoms with van der Waals surface area (Å²) in [7, 11) is 0. The minimum absolute atomic E-state index is 0. The van der Waals surface area contributed by atoms with Gasteiger partial charge in [-0.15, -0.1) is 24.8 Å². The molecule has 1 aliphatic heterocycles. The van der Waals surface area contributed by atoms with Crippen molar-refractivity contribution in [2.45, 2.75) is 12.8 Å². The Balaban J connectivity index is 0.00000112. The Morgan fingerprint density at radius 3 is 2.12 bits per heavy atom. The summed E-state index contributed by atoms with van der Waals surface area (Å²) in [5.41, 5.74) is 5.49. The van der Waals surface area contributed by atoms with E-state index < -0.39 is 0 Å². The number of hydrogen-bond acceptors (Lipinski definition) is 3. The van der Waals surface area contributed by atoms with E-state index in [2.05, 4.69) is 4.90 Å². The van der Waals surface area contributed by atoms with Crippen LogP contribution in [0.5, 0.6) is 0 Å². The monoisotopic (exact) mass is 269 g/mol. The molecule has 16 heavy (non-hydrogen) atoms. The molecule has 0 aromatic carbocycles. The molecule has 6 heteroatoms. The van der Waals surface area contributed by atoms with Crippen LogP contribution >= 0.6 is 24.8 Å². The largest absolute Gasteiger partial charge is 0.340 e. The molecule has 1 amide bonds. The Morgan fingerprint density at radius 1 is 1.12 bits per heavy atom. The van der Waals surface area contributed by atoms with Gasteiger partial charge in [0.15, 0.2) is 0 Å². The standard InChI is InChI=1S/C10H19N3O.2ClH/c11-3-4-12-5-7-13(8-6-12)10(14)9-1-2-9;;/h9H,1-8,11H2;2*1H. The summed E-state index contributed by atoms with van der Waals surface area (Å²) in [6.45, 7) is 5.47. The summed E-state index contributed by atoms with van der Waals surface area (Å²) in [6.07, 6.45) is 2.23. The number of nitrogens with zero attached hydrogens (tertiary/aromatic N) is 2. The molecule has 1 aliphatic carbocycles. The smallest absolute Gasteiger partial charge is 0.225 e. The molecule has 0 unspecified atom stereocenters. The van der Waals surface area contributed by atoms with Crippen molar-refractivity contribution in [1.82, 2.24) is 9.80 Å². The van der Waals surface area contributed by atoms with Gasteiger partial charge < -0.3 is 10.6 Å². The summed E-state index contributed by atoms with van der Waals surface area (Å²) in [5.74, 6) is 0.758. The van der Waals surface area contributed by atoms with Gasteiger partial charge in [0, 0.05) is 45.2 Å². The second-order valence-corrected chi connectivity index (χ2v) is 4.23. The van der Waals surface area contributed by atoms with Crippen LogP contribution in [0.2, 0.25) is 0 Å². The molecule has 1 heterocycles. The van der Waals surface area contributed by atoms with E-state index in [9.17, 15) is 4.79 Å². The van der Waals surface area contributed by atoms with Crippen molar-refractivity contribution in [2.75, 3.05) is 39.3 Å². The minimum atomic E-state index is 0. The zero-order valence-electron chi connectivity index (χ0n) is 9.43. The van der Waals surface area contributed by atoms with E-state index in [1.165, 1.54) is 0 Å². The molecule has 0 aromatic rings. The minimum Gasteiger partial charge on any atom is -0.340 e. The Hall–Kier alpha value is -0.0300. The summed E-state index contributed by atoms with van der Waals surface area (Å²) in [5, 5.41) is 0. The van der Waals surface area contributed by atoms with Gasteiger partial charge in [-0.1, -0.05) is 0 Å². The first-order valence-corrected chi connectivity index (χ1v) is 5.52. The van der Waals surface area contributed by atoms with Crippen LogP contribution in [-0.4, -0.2) is 55.0 Å². The molecule has 2 N–H and O–H groups in total. The van der Waals surface area contributed by atoms with Crippen molar-refractivity contribution in [1.29, 1.82) is 0 Å². The van der Waals surface area contributed by atoms with Gasteiger partial charge in [0.1, 0.15) is 0 Å². The van der Waals surface area contributed by atoms with Gasteiger partial charge in [-0.05, 0) is 12.8 Å². The van der Waals surface area contributed by atoms with Crippen LogP contribution in [-0.2, 0) is 4.79 Å². The third kappa shape index (κ3) is 4.09. The van der Waals surface area contributed by atoms with Crippen molar-refractivity contribution in [3.63, 3.8) is 0 Å². The molecule has 2 aliphatic rings. The fourth-order valence-electron chi connectivity index (χ4n) is 1.96. The SMILES string of the molecule is Cl.Cl.NCCN1CCN(C(=O)C2CC2)CC1. The predicted octanol–water partition coefficient (Wildman–Crippen LogP) is 0.343. The van der Waals surface area contributed by atoms with Gasteiger partial charge in [0.05, 0.1) is 0 Å². The van der Waals surface area contributed by atoms with E-state index in [-0.39, 0.29) is 24.8 Å². The first-order chi connectivity index (χ1) is 6.81. The maximum atomic E-state index is 11.7. The van der Waals surface area contributed by atoms with Crippen LogP contribution in [0, 0.1) is 5.92 Å². The van der Waals surface area contributed by atoms with Gasteiger partial charge in [-0.2, -0.15) is 0 Å². The summed E-state index contributed by atoms with van der Waals surface area (Å²) in [6, 6.07) is 0. The molecule has 96 valence electrons. The first-order valence-electron chi connectivity index (χ1n) is 5.52. The highest BCUT2D eigenvalue weighted by molar-refractivity contribution is 5.85. The highest BCUT2D eigenvalue weighted by Gasteiger charge is 2.34. The Kier molecular flexibility index (Phi) is 7.31. The lowest BCUT2D eigenvalue weighted by atomic mass is 10.2. The molecule has 0 spiro atoms. The second kappa shape index (κ2) is 7.33. The van der Waals surface area contributed by atoms with Crippen LogP contribution < -0.4 is 5.73 Å². The first kappa shape index (κ1) is 16.0. The maximum Gasteiger partial charge on any atom is 0.225 e. The van der Waals surface area contributed by atoms with E-state index >= 15 is 0 Å². The van der Waals surface area contributed by atoms with E-state index in [1.54, 1.807) is 0 Å². The van der Waals surface area contributed by atoms with Crippen molar-refractivity contribution in [2.24, 2.45) is 11.7 Å². The van der Waals surface area contributed by atoms with Gasteiger partial charge in [0.25, 0.3) is 0 Å². The molecule has 0 atom stereocenters. The van der Waals surface area contributed by atoms with Crippen LogP contribution in [0.4, 0.5) is 0 Å². The van der Waals surface area contributed by atoms with E-state index in [0.717, 1.165) is 52.1 Å². The normalized spacial score (nSPS) is 20.9. The van der Waals surface area contributed by atoms with Gasteiger partial charge in [-0.3, -0.25) is 9.69 Å². The van der Waals surface area contributed by atoms with Crippen LogP contribution in [0.15, 0.2) is 0 Å². The van der Waals surface area contributed by atoms with E-state index in [4.69, 9.17) is 5.73 Å². The van der Waals surface area contributed by atoms with Crippen molar-refractivity contribution in [3.8, 4) is 0 Å². The molecule has 2 fully saturated rings. The summed E-state index contributed by atoms with van der Waals surface area (Å²) < 4.78 is 0. The number of nitrogens with two attached hydrogens (primary N) is 1. The van der Waals surface area contributed by atoms with Gasteiger partial charge in [-0.25, -0.2) is 0 Å². The fraction of sp³-hybridized carbons (Fsp3) is 0.900. The van der Waals surface area contributed by atoms with Crippen molar-refractivity contribution < 1.29 is 4.79 Å².